The van der Waals surface area contributed by atoms with Crippen LogP contribution < -0.4 is 10.9 Å². The van der Waals surface area contributed by atoms with Crippen LogP contribution in [0.5, 0.6) is 0 Å². The van der Waals surface area contributed by atoms with Gasteiger partial charge in [-0.15, -0.1) is 11.3 Å². The van der Waals surface area contributed by atoms with E-state index >= 15 is 0 Å². The van der Waals surface area contributed by atoms with Crippen LogP contribution >= 0.6 is 23.1 Å². The summed E-state index contributed by atoms with van der Waals surface area (Å²) in [7, 11) is 1.36. The van der Waals surface area contributed by atoms with Gasteiger partial charge in [-0.2, -0.15) is 0 Å². The molecule has 7 nitrogen and oxygen atoms in total. The summed E-state index contributed by atoms with van der Waals surface area (Å²) in [5.74, 6) is 0.00874. The molecule has 2 heterocycles. The third-order valence-electron chi connectivity index (χ3n) is 5.41. The number of anilines is 1. The predicted octanol–water partition coefficient (Wildman–Crippen LogP) is 2.96. The molecule has 2 aliphatic carbocycles. The molecular formula is C20H23N3O4S2. The Labute approximate surface area is 176 Å². The smallest absolute Gasteiger partial charge is 0.341 e. The van der Waals surface area contributed by atoms with Gasteiger partial charge in [-0.1, -0.05) is 18.7 Å². The standard InChI is InChI=1S/C20H23N3O4S2/c1-10-6-7-12-14(8-10)29-18(16(12)19(26)27-2)22-15(24)9-28-20-21-13-5-3-4-11(13)17(25)23-20/h10H,3-9H2,1-2H3,(H,22,24)(H,21,23,25)/t10-/m0/s1. The Morgan fingerprint density at radius 1 is 1.31 bits per heavy atom. The lowest BCUT2D eigenvalue weighted by Gasteiger charge is -2.18. The van der Waals surface area contributed by atoms with E-state index in [1.807, 2.05) is 0 Å². The first-order chi connectivity index (χ1) is 14.0. The van der Waals surface area contributed by atoms with Gasteiger partial charge in [0.05, 0.1) is 24.1 Å². The zero-order valence-corrected chi connectivity index (χ0v) is 18.1. The minimum atomic E-state index is -0.412. The van der Waals surface area contributed by atoms with Gasteiger partial charge >= 0.3 is 5.97 Å². The van der Waals surface area contributed by atoms with E-state index in [-0.39, 0.29) is 17.2 Å². The number of aromatic nitrogens is 2. The fourth-order valence-electron chi connectivity index (χ4n) is 3.94. The van der Waals surface area contributed by atoms with E-state index < -0.39 is 5.97 Å². The summed E-state index contributed by atoms with van der Waals surface area (Å²) in [5.41, 5.74) is 2.99. The van der Waals surface area contributed by atoms with E-state index in [1.165, 1.54) is 30.2 Å². The number of fused-ring (bicyclic) bond motifs is 2. The molecule has 0 radical (unpaired) electrons. The number of hydrogen-bond acceptors (Lipinski definition) is 7. The molecule has 2 aliphatic rings. The minimum absolute atomic E-state index is 0.0985. The molecule has 0 spiro atoms. The number of methoxy groups -OCH3 is 1. The lowest BCUT2D eigenvalue weighted by Crippen LogP contribution is -2.18. The van der Waals surface area contributed by atoms with Crippen LogP contribution in [0.3, 0.4) is 0 Å². The van der Waals surface area contributed by atoms with Crippen LogP contribution in [0.25, 0.3) is 0 Å². The average Bonchev–Trinajstić information content (AvgIpc) is 3.30. The largest absolute Gasteiger partial charge is 0.465 e. The van der Waals surface area contributed by atoms with Gasteiger partial charge in [0, 0.05) is 10.4 Å². The highest BCUT2D eigenvalue weighted by Gasteiger charge is 2.29. The highest BCUT2D eigenvalue weighted by atomic mass is 32.2. The van der Waals surface area contributed by atoms with E-state index in [9.17, 15) is 14.4 Å². The van der Waals surface area contributed by atoms with Gasteiger partial charge in [-0.25, -0.2) is 9.78 Å². The quantitative estimate of drug-likeness (QED) is 0.427. The van der Waals surface area contributed by atoms with Crippen molar-refractivity contribution in [1.82, 2.24) is 9.97 Å². The van der Waals surface area contributed by atoms with Crippen molar-refractivity contribution in [2.45, 2.75) is 50.6 Å². The van der Waals surface area contributed by atoms with Gasteiger partial charge in [-0.3, -0.25) is 9.59 Å². The summed E-state index contributed by atoms with van der Waals surface area (Å²) in [6.45, 7) is 2.19. The lowest BCUT2D eigenvalue weighted by atomic mass is 9.88. The third-order valence-corrected chi connectivity index (χ3v) is 7.46. The number of thioether (sulfide) groups is 1. The summed E-state index contributed by atoms with van der Waals surface area (Å²) in [4.78, 5) is 45.4. The molecule has 0 fully saturated rings. The van der Waals surface area contributed by atoms with Crippen LogP contribution in [0.4, 0.5) is 5.00 Å². The Morgan fingerprint density at radius 3 is 2.93 bits per heavy atom. The van der Waals surface area contributed by atoms with E-state index in [0.29, 0.717) is 21.6 Å². The number of H-pyrrole nitrogens is 1. The molecule has 0 aromatic carbocycles. The summed E-state index contributed by atoms with van der Waals surface area (Å²) < 4.78 is 4.96. The number of nitrogens with one attached hydrogen (secondary N) is 2. The molecule has 29 heavy (non-hydrogen) atoms. The molecule has 0 unspecified atom stereocenters. The van der Waals surface area contributed by atoms with Gasteiger partial charge in [0.2, 0.25) is 5.91 Å². The van der Waals surface area contributed by atoms with Crippen molar-refractivity contribution < 1.29 is 14.3 Å². The van der Waals surface area contributed by atoms with Crippen molar-refractivity contribution >= 4 is 40.0 Å². The molecule has 4 rings (SSSR count). The molecule has 2 aromatic heterocycles. The maximum atomic E-state index is 12.5. The highest BCUT2D eigenvalue weighted by Crippen LogP contribution is 2.40. The van der Waals surface area contributed by atoms with Gasteiger partial charge in [0.25, 0.3) is 5.56 Å². The third kappa shape index (κ3) is 4.11. The van der Waals surface area contributed by atoms with Crippen LogP contribution in [0.1, 0.15) is 51.8 Å². The SMILES string of the molecule is COC(=O)c1c(NC(=O)CSc2nc3c(c(=O)[nH]2)CCC3)sc2c1CC[C@H](C)C2. The number of aryl methyl sites for hydroxylation is 1. The fourth-order valence-corrected chi connectivity index (χ4v) is 6.04. The Balaban J connectivity index is 1.48. The van der Waals surface area contributed by atoms with E-state index in [1.54, 1.807) is 0 Å². The molecule has 9 heteroatoms. The lowest BCUT2D eigenvalue weighted by molar-refractivity contribution is -0.113. The zero-order valence-electron chi connectivity index (χ0n) is 16.4. The number of aromatic amines is 1. The number of ether oxygens (including phenoxy) is 1. The normalized spacial score (nSPS) is 17.5. The zero-order chi connectivity index (χ0) is 20.5. The van der Waals surface area contributed by atoms with Gasteiger partial charge in [0.1, 0.15) is 5.00 Å². The molecule has 154 valence electrons. The van der Waals surface area contributed by atoms with Crippen LogP contribution in [0.15, 0.2) is 9.95 Å². The monoisotopic (exact) mass is 433 g/mol. The number of nitrogens with zero attached hydrogens (tertiary/aromatic N) is 1. The van der Waals surface area contributed by atoms with Crippen LogP contribution in [-0.2, 0) is 35.2 Å². The molecule has 1 atom stereocenters. The van der Waals surface area contributed by atoms with Crippen LogP contribution in [0, 0.1) is 5.92 Å². The number of carbonyl (C=O) groups is 2. The number of rotatable bonds is 5. The highest BCUT2D eigenvalue weighted by molar-refractivity contribution is 7.99. The van der Waals surface area contributed by atoms with Crippen molar-refractivity contribution in [2.24, 2.45) is 5.92 Å². The Morgan fingerprint density at radius 2 is 2.14 bits per heavy atom. The fraction of sp³-hybridized carbons (Fsp3) is 0.500. The summed E-state index contributed by atoms with van der Waals surface area (Å²) in [6.07, 6.45) is 5.27. The topological polar surface area (TPSA) is 101 Å². The molecule has 2 N–H and O–H groups in total. The summed E-state index contributed by atoms with van der Waals surface area (Å²) >= 11 is 2.66. The number of esters is 1. The number of carbonyl (C=O) groups excluding carboxylic acids is 2. The van der Waals surface area contributed by atoms with Crippen LogP contribution in [0.2, 0.25) is 0 Å². The van der Waals surface area contributed by atoms with Gasteiger partial charge < -0.3 is 15.0 Å². The summed E-state index contributed by atoms with van der Waals surface area (Å²) in [5, 5.41) is 3.88. The van der Waals surface area contributed by atoms with Gasteiger partial charge in [0.15, 0.2) is 5.16 Å². The van der Waals surface area contributed by atoms with Crippen molar-refractivity contribution in [3.63, 3.8) is 0 Å². The molecule has 0 saturated carbocycles. The first-order valence-corrected chi connectivity index (χ1v) is 11.5. The molecular weight excluding hydrogens is 410 g/mol. The molecule has 0 aliphatic heterocycles. The molecule has 2 aromatic rings. The Bertz CT molecular complexity index is 1030. The second kappa shape index (κ2) is 8.31. The van der Waals surface area contributed by atoms with E-state index in [4.69, 9.17) is 4.74 Å². The second-order valence-corrected chi connectivity index (χ2v) is 9.60. The van der Waals surface area contributed by atoms with Crippen molar-refractivity contribution in [3.05, 3.63) is 37.6 Å². The second-order valence-electron chi connectivity index (χ2n) is 7.53. The molecule has 0 saturated heterocycles. The minimum Gasteiger partial charge on any atom is -0.465 e. The maximum absolute atomic E-state index is 12.5. The van der Waals surface area contributed by atoms with Crippen LogP contribution in [-0.4, -0.2) is 34.7 Å². The predicted molar refractivity (Wildman–Crippen MR) is 113 cm³/mol. The van der Waals surface area contributed by atoms with E-state index in [2.05, 4.69) is 22.2 Å². The first kappa shape index (κ1) is 20.2. The van der Waals surface area contributed by atoms with Crippen molar-refractivity contribution in [3.8, 4) is 0 Å². The average molecular weight is 434 g/mol. The molecule has 1 amide bonds. The Kier molecular flexibility index (Phi) is 5.78. The summed E-state index contributed by atoms with van der Waals surface area (Å²) in [6, 6.07) is 0. The number of thiophene rings is 1. The first-order valence-electron chi connectivity index (χ1n) is 9.73. The number of amides is 1. The van der Waals surface area contributed by atoms with Crippen molar-refractivity contribution in [2.75, 3.05) is 18.2 Å². The van der Waals surface area contributed by atoms with Crippen molar-refractivity contribution in [1.29, 1.82) is 0 Å². The maximum Gasteiger partial charge on any atom is 0.341 e. The van der Waals surface area contributed by atoms with Gasteiger partial charge in [-0.05, 0) is 50.0 Å². The van der Waals surface area contributed by atoms with E-state index in [0.717, 1.165) is 60.2 Å². The number of hydrogen-bond donors (Lipinski definition) is 2. The molecule has 0 bridgehead atoms. The Hall–Kier alpha value is -2.13.